The van der Waals surface area contributed by atoms with Crippen molar-refractivity contribution in [2.75, 3.05) is 13.1 Å². The van der Waals surface area contributed by atoms with Gasteiger partial charge in [0.2, 0.25) is 11.8 Å². The summed E-state index contributed by atoms with van der Waals surface area (Å²) >= 11 is 0. The maximum atomic E-state index is 11.5. The third-order valence-corrected chi connectivity index (χ3v) is 3.06. The first-order valence-corrected chi connectivity index (χ1v) is 7.76. The normalized spacial score (nSPS) is 11.4. The molecule has 6 heteroatoms. The summed E-state index contributed by atoms with van der Waals surface area (Å²) in [7, 11) is 0. The van der Waals surface area contributed by atoms with E-state index in [4.69, 9.17) is 4.74 Å². The van der Waals surface area contributed by atoms with Crippen LogP contribution in [-0.4, -0.2) is 37.0 Å². The molecular formula is C16H28N2O4. The smallest absolute Gasteiger partial charge is 0.306 e. The minimum Gasteiger partial charge on any atom is -0.463 e. The number of esters is 1. The van der Waals surface area contributed by atoms with Crippen LogP contribution in [-0.2, 0) is 19.1 Å². The van der Waals surface area contributed by atoms with Crippen LogP contribution in [0.5, 0.6) is 0 Å². The second kappa shape index (κ2) is 11.8. The number of rotatable bonds is 11. The van der Waals surface area contributed by atoms with Crippen LogP contribution < -0.4 is 10.6 Å². The number of amides is 2. The van der Waals surface area contributed by atoms with Gasteiger partial charge in [0.05, 0.1) is 12.5 Å². The monoisotopic (exact) mass is 312 g/mol. The van der Waals surface area contributed by atoms with Gasteiger partial charge < -0.3 is 15.4 Å². The lowest BCUT2D eigenvalue weighted by Gasteiger charge is -2.10. The Morgan fingerprint density at radius 3 is 2.23 bits per heavy atom. The Kier molecular flexibility index (Phi) is 10.8. The van der Waals surface area contributed by atoms with Gasteiger partial charge in [-0.2, -0.15) is 0 Å². The largest absolute Gasteiger partial charge is 0.463 e. The number of hydrogen-bond acceptors (Lipinski definition) is 4. The van der Waals surface area contributed by atoms with E-state index >= 15 is 0 Å². The molecule has 0 fully saturated rings. The predicted octanol–water partition coefficient (Wildman–Crippen LogP) is 1.70. The first-order chi connectivity index (χ1) is 10.4. The molecule has 126 valence electrons. The van der Waals surface area contributed by atoms with E-state index < -0.39 is 0 Å². The molecule has 0 rings (SSSR count). The molecule has 1 atom stereocenters. The molecule has 0 aliphatic heterocycles. The van der Waals surface area contributed by atoms with Crippen LogP contribution in [0.2, 0.25) is 0 Å². The number of carbonyl (C=O) groups excluding carboxylic acids is 3. The highest BCUT2D eigenvalue weighted by atomic mass is 16.5. The lowest BCUT2D eigenvalue weighted by atomic mass is 10.2. The van der Waals surface area contributed by atoms with Gasteiger partial charge in [0.25, 0.3) is 0 Å². The summed E-state index contributed by atoms with van der Waals surface area (Å²) in [5, 5.41) is 5.46. The molecule has 0 radical (unpaired) electrons. The van der Waals surface area contributed by atoms with Crippen LogP contribution in [0.3, 0.4) is 0 Å². The zero-order chi connectivity index (χ0) is 17.0. The molecular weight excluding hydrogens is 284 g/mol. The molecule has 0 saturated carbocycles. The number of nitrogens with one attached hydrogen (secondary N) is 2. The van der Waals surface area contributed by atoms with E-state index in [1.165, 1.54) is 0 Å². The van der Waals surface area contributed by atoms with E-state index in [1.54, 1.807) is 6.92 Å². The molecule has 0 aliphatic rings. The molecule has 0 aliphatic carbocycles. The van der Waals surface area contributed by atoms with E-state index in [-0.39, 0.29) is 36.7 Å². The van der Waals surface area contributed by atoms with Gasteiger partial charge in [-0.25, -0.2) is 0 Å². The Morgan fingerprint density at radius 2 is 1.68 bits per heavy atom. The van der Waals surface area contributed by atoms with Crippen molar-refractivity contribution in [3.8, 4) is 0 Å². The van der Waals surface area contributed by atoms with Gasteiger partial charge in [-0.1, -0.05) is 13.5 Å². The van der Waals surface area contributed by atoms with Crippen molar-refractivity contribution in [2.45, 2.75) is 59.0 Å². The van der Waals surface area contributed by atoms with Crippen molar-refractivity contribution in [3.63, 3.8) is 0 Å². The van der Waals surface area contributed by atoms with E-state index in [0.717, 1.165) is 19.3 Å². The summed E-state index contributed by atoms with van der Waals surface area (Å²) in [5.74, 6) is -0.650. The fourth-order valence-corrected chi connectivity index (χ4v) is 1.50. The van der Waals surface area contributed by atoms with Crippen molar-refractivity contribution < 1.29 is 19.1 Å². The highest BCUT2D eigenvalue weighted by Crippen LogP contribution is 2.01. The molecule has 0 aromatic rings. The molecule has 0 bridgehead atoms. The third kappa shape index (κ3) is 10.9. The summed E-state index contributed by atoms with van der Waals surface area (Å²) in [6, 6.07) is 0. The predicted molar refractivity (Wildman–Crippen MR) is 85.1 cm³/mol. The molecule has 22 heavy (non-hydrogen) atoms. The number of carbonyl (C=O) groups is 3. The van der Waals surface area contributed by atoms with Crippen molar-refractivity contribution in [1.29, 1.82) is 0 Å². The summed E-state index contributed by atoms with van der Waals surface area (Å²) in [6.45, 7) is 10.0. The second-order valence-electron chi connectivity index (χ2n) is 5.30. The van der Waals surface area contributed by atoms with Crippen LogP contribution in [0, 0.1) is 0 Å². The molecule has 1 unspecified atom stereocenters. The number of ether oxygens (including phenoxy) is 1. The molecule has 2 amide bonds. The van der Waals surface area contributed by atoms with Crippen LogP contribution in [0.15, 0.2) is 12.2 Å². The maximum absolute atomic E-state index is 11.5. The van der Waals surface area contributed by atoms with E-state index in [2.05, 4.69) is 17.2 Å². The van der Waals surface area contributed by atoms with Gasteiger partial charge in [-0.05, 0) is 33.1 Å². The topological polar surface area (TPSA) is 84.5 Å². The lowest BCUT2D eigenvalue weighted by molar-refractivity contribution is -0.149. The number of hydrogen-bond donors (Lipinski definition) is 2. The summed E-state index contributed by atoms with van der Waals surface area (Å²) in [6.07, 6.45) is 2.44. The summed E-state index contributed by atoms with van der Waals surface area (Å²) in [5.41, 5.74) is 0.484. The Bertz CT molecular complexity index is 394. The molecule has 0 aromatic heterocycles. The Hall–Kier alpha value is -1.85. The first kappa shape index (κ1) is 20.1. The third-order valence-electron chi connectivity index (χ3n) is 3.06. The Balaban J connectivity index is 3.56. The fraction of sp³-hybridized carbons (Fsp3) is 0.688. The first-order valence-electron chi connectivity index (χ1n) is 7.76. The Labute approximate surface area is 132 Å². The fourth-order valence-electron chi connectivity index (χ4n) is 1.50. The van der Waals surface area contributed by atoms with Crippen molar-refractivity contribution in [3.05, 3.63) is 12.2 Å². The molecule has 0 aromatic carbocycles. The van der Waals surface area contributed by atoms with Gasteiger partial charge in [0, 0.05) is 25.1 Å². The molecule has 2 N–H and O–H groups in total. The SMILES string of the molecule is C=C(C)C(=O)NCCCCNC(=O)CCC(=O)OC(C)CC. The minimum atomic E-state index is -0.341. The van der Waals surface area contributed by atoms with Crippen LogP contribution >= 0.6 is 0 Å². The van der Waals surface area contributed by atoms with Gasteiger partial charge in [0.15, 0.2) is 0 Å². The van der Waals surface area contributed by atoms with Crippen molar-refractivity contribution in [2.24, 2.45) is 0 Å². The minimum absolute atomic E-state index is 0.102. The van der Waals surface area contributed by atoms with Gasteiger partial charge in [-0.15, -0.1) is 0 Å². The van der Waals surface area contributed by atoms with Crippen LogP contribution in [0.4, 0.5) is 0 Å². The molecule has 0 saturated heterocycles. The van der Waals surface area contributed by atoms with Crippen LogP contribution in [0.25, 0.3) is 0 Å². The zero-order valence-electron chi connectivity index (χ0n) is 13.9. The summed E-state index contributed by atoms with van der Waals surface area (Å²) in [4.78, 5) is 34.1. The quantitative estimate of drug-likeness (QED) is 0.345. The van der Waals surface area contributed by atoms with Gasteiger partial charge >= 0.3 is 5.97 Å². The maximum Gasteiger partial charge on any atom is 0.306 e. The highest BCUT2D eigenvalue weighted by Gasteiger charge is 2.10. The molecule has 0 heterocycles. The second-order valence-corrected chi connectivity index (χ2v) is 5.30. The lowest BCUT2D eigenvalue weighted by Crippen LogP contribution is -2.28. The van der Waals surface area contributed by atoms with E-state index in [1.807, 2.05) is 13.8 Å². The average molecular weight is 312 g/mol. The van der Waals surface area contributed by atoms with Crippen molar-refractivity contribution >= 4 is 17.8 Å². The number of unbranched alkanes of at least 4 members (excludes halogenated alkanes) is 1. The van der Waals surface area contributed by atoms with E-state index in [0.29, 0.717) is 18.7 Å². The highest BCUT2D eigenvalue weighted by molar-refractivity contribution is 5.92. The van der Waals surface area contributed by atoms with Gasteiger partial charge in [-0.3, -0.25) is 14.4 Å². The standard InChI is InChI=1S/C16H28N2O4/c1-5-13(4)22-15(20)9-8-14(19)17-10-6-7-11-18-16(21)12(2)3/h13H,2,5-11H2,1,3-4H3,(H,17,19)(H,18,21). The molecule has 6 nitrogen and oxygen atoms in total. The molecule has 0 spiro atoms. The Morgan fingerprint density at radius 1 is 1.09 bits per heavy atom. The summed E-state index contributed by atoms with van der Waals surface area (Å²) < 4.78 is 5.08. The van der Waals surface area contributed by atoms with E-state index in [9.17, 15) is 14.4 Å². The van der Waals surface area contributed by atoms with Crippen LogP contribution in [0.1, 0.15) is 52.9 Å². The zero-order valence-corrected chi connectivity index (χ0v) is 13.9. The van der Waals surface area contributed by atoms with Crippen molar-refractivity contribution in [1.82, 2.24) is 10.6 Å². The average Bonchev–Trinajstić information content (AvgIpc) is 2.47. The van der Waals surface area contributed by atoms with Gasteiger partial charge in [0.1, 0.15) is 0 Å².